The van der Waals surface area contributed by atoms with Crippen molar-refractivity contribution in [1.29, 1.82) is 0 Å². The Balaban J connectivity index is 2.21. The third-order valence-corrected chi connectivity index (χ3v) is 5.32. The molecule has 2 amide bonds. The third kappa shape index (κ3) is 9.01. The molecule has 5 nitrogen and oxygen atoms in total. The standard InChI is InChI=1S/C26H35ClN2O3/c1-4-9-25(30)29(19-22-12-14-23(27)15-13-22)24(18-21-10-6-5-7-11-21)26(31)28-16-8-17-32-20(2)3/h5-7,10-15,20,24H,4,8-9,16-19H2,1-3H3,(H,28,31)/t24-/m0/s1. The number of rotatable bonds is 13. The molecule has 0 aromatic heterocycles. The molecule has 0 aliphatic heterocycles. The molecule has 0 fully saturated rings. The summed E-state index contributed by atoms with van der Waals surface area (Å²) < 4.78 is 5.56. The van der Waals surface area contributed by atoms with Gasteiger partial charge in [0.05, 0.1) is 6.10 Å². The van der Waals surface area contributed by atoms with Gasteiger partial charge in [-0.2, -0.15) is 0 Å². The number of carbonyl (C=O) groups is 2. The average Bonchev–Trinajstić information content (AvgIpc) is 2.77. The number of halogens is 1. The number of nitrogens with one attached hydrogen (secondary N) is 1. The number of benzene rings is 2. The fourth-order valence-corrected chi connectivity index (χ4v) is 3.54. The maximum Gasteiger partial charge on any atom is 0.243 e. The fraction of sp³-hybridized carbons (Fsp3) is 0.462. The van der Waals surface area contributed by atoms with Crippen LogP contribution in [-0.4, -0.2) is 42.0 Å². The fourth-order valence-electron chi connectivity index (χ4n) is 3.42. The highest BCUT2D eigenvalue weighted by Gasteiger charge is 2.29. The Kier molecular flexibility index (Phi) is 11.3. The topological polar surface area (TPSA) is 58.6 Å². The van der Waals surface area contributed by atoms with E-state index in [0.29, 0.717) is 37.6 Å². The van der Waals surface area contributed by atoms with Crippen molar-refractivity contribution in [2.75, 3.05) is 13.2 Å². The number of amides is 2. The highest BCUT2D eigenvalue weighted by atomic mass is 35.5. The Morgan fingerprint density at radius 1 is 1.03 bits per heavy atom. The third-order valence-electron chi connectivity index (χ3n) is 5.07. The van der Waals surface area contributed by atoms with E-state index < -0.39 is 6.04 Å². The SMILES string of the molecule is CCCC(=O)N(Cc1ccc(Cl)cc1)[C@@H](Cc1ccccc1)C(=O)NCCCOC(C)C. The zero-order valence-electron chi connectivity index (χ0n) is 19.4. The molecule has 1 atom stereocenters. The van der Waals surface area contributed by atoms with E-state index in [2.05, 4.69) is 5.32 Å². The summed E-state index contributed by atoms with van der Waals surface area (Å²) in [7, 11) is 0. The van der Waals surface area contributed by atoms with Crippen molar-refractivity contribution in [3.63, 3.8) is 0 Å². The lowest BCUT2D eigenvalue weighted by molar-refractivity contribution is -0.141. The Hall–Kier alpha value is -2.37. The van der Waals surface area contributed by atoms with Crippen LogP contribution < -0.4 is 5.32 Å². The maximum atomic E-state index is 13.3. The average molecular weight is 459 g/mol. The van der Waals surface area contributed by atoms with Gasteiger partial charge in [-0.15, -0.1) is 0 Å². The summed E-state index contributed by atoms with van der Waals surface area (Å²) in [5.74, 6) is -0.168. The summed E-state index contributed by atoms with van der Waals surface area (Å²) in [5, 5.41) is 3.66. The van der Waals surface area contributed by atoms with Crippen molar-refractivity contribution in [3.05, 3.63) is 70.7 Å². The number of ether oxygens (including phenoxy) is 1. The van der Waals surface area contributed by atoms with Gasteiger partial charge >= 0.3 is 0 Å². The zero-order chi connectivity index (χ0) is 23.3. The number of hydrogen-bond acceptors (Lipinski definition) is 3. The maximum absolute atomic E-state index is 13.3. The predicted molar refractivity (Wildman–Crippen MR) is 130 cm³/mol. The van der Waals surface area contributed by atoms with Crippen molar-refractivity contribution < 1.29 is 14.3 Å². The Morgan fingerprint density at radius 2 is 1.72 bits per heavy atom. The molecule has 0 heterocycles. The second kappa shape index (κ2) is 13.9. The molecule has 0 radical (unpaired) electrons. The first-order chi connectivity index (χ1) is 15.4. The smallest absolute Gasteiger partial charge is 0.243 e. The molecule has 32 heavy (non-hydrogen) atoms. The van der Waals surface area contributed by atoms with E-state index in [1.165, 1.54) is 0 Å². The van der Waals surface area contributed by atoms with E-state index in [1.54, 1.807) is 17.0 Å². The Bertz CT molecular complexity index is 825. The summed E-state index contributed by atoms with van der Waals surface area (Å²) in [5.41, 5.74) is 1.95. The van der Waals surface area contributed by atoms with Crippen LogP contribution in [0.5, 0.6) is 0 Å². The largest absolute Gasteiger partial charge is 0.379 e. The van der Waals surface area contributed by atoms with Gasteiger partial charge in [0.15, 0.2) is 0 Å². The van der Waals surface area contributed by atoms with E-state index in [-0.39, 0.29) is 17.9 Å². The lowest BCUT2D eigenvalue weighted by Crippen LogP contribution is -2.50. The lowest BCUT2D eigenvalue weighted by Gasteiger charge is -2.31. The van der Waals surface area contributed by atoms with Gasteiger partial charge in [0, 0.05) is 37.6 Å². The number of hydrogen-bond donors (Lipinski definition) is 1. The second-order valence-electron chi connectivity index (χ2n) is 8.17. The van der Waals surface area contributed by atoms with Crippen LogP contribution in [0.1, 0.15) is 51.2 Å². The van der Waals surface area contributed by atoms with Crippen LogP contribution in [-0.2, 0) is 27.3 Å². The minimum absolute atomic E-state index is 0.0262. The summed E-state index contributed by atoms with van der Waals surface area (Å²) in [4.78, 5) is 28.1. The van der Waals surface area contributed by atoms with Gasteiger partial charge in [-0.1, -0.05) is 61.0 Å². The molecule has 0 unspecified atom stereocenters. The first-order valence-corrected chi connectivity index (χ1v) is 11.8. The van der Waals surface area contributed by atoms with Crippen LogP contribution in [0.3, 0.4) is 0 Å². The first kappa shape index (κ1) is 25.9. The molecule has 0 spiro atoms. The van der Waals surface area contributed by atoms with E-state index in [0.717, 1.165) is 24.0 Å². The molecule has 0 saturated heterocycles. The second-order valence-corrected chi connectivity index (χ2v) is 8.60. The Morgan fingerprint density at radius 3 is 2.34 bits per heavy atom. The molecule has 6 heteroatoms. The summed E-state index contributed by atoms with van der Waals surface area (Å²) >= 11 is 6.03. The van der Waals surface area contributed by atoms with Crippen molar-refractivity contribution in [1.82, 2.24) is 10.2 Å². The van der Waals surface area contributed by atoms with Crippen LogP contribution in [0, 0.1) is 0 Å². The first-order valence-electron chi connectivity index (χ1n) is 11.4. The molecule has 2 rings (SSSR count). The highest BCUT2D eigenvalue weighted by Crippen LogP contribution is 2.18. The molecule has 2 aromatic carbocycles. The minimum Gasteiger partial charge on any atom is -0.379 e. The summed E-state index contributed by atoms with van der Waals surface area (Å²) in [6, 6.07) is 16.6. The van der Waals surface area contributed by atoms with Crippen molar-refractivity contribution in [2.24, 2.45) is 0 Å². The summed E-state index contributed by atoms with van der Waals surface area (Å²) in [6.45, 7) is 7.40. The van der Waals surface area contributed by atoms with Gasteiger partial charge in [-0.05, 0) is 49.9 Å². The lowest BCUT2D eigenvalue weighted by atomic mass is 10.0. The molecular weight excluding hydrogens is 424 g/mol. The van der Waals surface area contributed by atoms with Gasteiger partial charge in [-0.3, -0.25) is 9.59 Å². The van der Waals surface area contributed by atoms with Crippen LogP contribution in [0.15, 0.2) is 54.6 Å². The van der Waals surface area contributed by atoms with Gasteiger partial charge < -0.3 is 15.0 Å². The van der Waals surface area contributed by atoms with Gasteiger partial charge in [0.25, 0.3) is 0 Å². The predicted octanol–water partition coefficient (Wildman–Crippen LogP) is 5.01. The van der Waals surface area contributed by atoms with Crippen molar-refractivity contribution in [2.45, 2.75) is 65.1 Å². The van der Waals surface area contributed by atoms with E-state index in [1.807, 2.05) is 63.2 Å². The molecule has 0 saturated carbocycles. The summed E-state index contributed by atoms with van der Waals surface area (Å²) in [6.07, 6.45) is 2.47. The van der Waals surface area contributed by atoms with E-state index in [4.69, 9.17) is 16.3 Å². The molecule has 1 N–H and O–H groups in total. The zero-order valence-corrected chi connectivity index (χ0v) is 20.1. The number of nitrogens with zero attached hydrogens (tertiary/aromatic N) is 1. The van der Waals surface area contributed by atoms with Gasteiger partial charge in [-0.25, -0.2) is 0 Å². The molecular formula is C26H35ClN2O3. The highest BCUT2D eigenvalue weighted by molar-refractivity contribution is 6.30. The van der Waals surface area contributed by atoms with Crippen LogP contribution in [0.25, 0.3) is 0 Å². The minimum atomic E-state index is -0.599. The van der Waals surface area contributed by atoms with Crippen LogP contribution in [0.2, 0.25) is 5.02 Å². The molecule has 174 valence electrons. The molecule has 0 aliphatic rings. The van der Waals surface area contributed by atoms with E-state index >= 15 is 0 Å². The number of carbonyl (C=O) groups excluding carboxylic acids is 2. The van der Waals surface area contributed by atoms with Gasteiger partial charge in [0.1, 0.15) is 6.04 Å². The van der Waals surface area contributed by atoms with E-state index in [9.17, 15) is 9.59 Å². The van der Waals surface area contributed by atoms with Crippen LogP contribution in [0.4, 0.5) is 0 Å². The van der Waals surface area contributed by atoms with Crippen molar-refractivity contribution >= 4 is 23.4 Å². The molecule has 0 bridgehead atoms. The Labute approximate surface area is 197 Å². The van der Waals surface area contributed by atoms with Crippen molar-refractivity contribution in [3.8, 4) is 0 Å². The van der Waals surface area contributed by atoms with Crippen LogP contribution >= 0.6 is 11.6 Å². The normalized spacial score (nSPS) is 11.9. The molecule has 0 aliphatic carbocycles. The monoisotopic (exact) mass is 458 g/mol. The quantitative estimate of drug-likeness (QED) is 0.429. The molecule has 2 aromatic rings. The van der Waals surface area contributed by atoms with Gasteiger partial charge in [0.2, 0.25) is 11.8 Å².